The van der Waals surface area contributed by atoms with E-state index in [0.717, 1.165) is 19.6 Å². The third-order valence-corrected chi connectivity index (χ3v) is 4.19. The summed E-state index contributed by atoms with van der Waals surface area (Å²) in [5.41, 5.74) is 0.346. The zero-order chi connectivity index (χ0) is 13.6. The van der Waals surface area contributed by atoms with Gasteiger partial charge >= 0.3 is 0 Å². The molecule has 18 heavy (non-hydrogen) atoms. The summed E-state index contributed by atoms with van der Waals surface area (Å²) in [4.78, 5) is 2.69. The van der Waals surface area contributed by atoms with Gasteiger partial charge in [-0.2, -0.15) is 0 Å². The number of methoxy groups -OCH3 is 1. The van der Waals surface area contributed by atoms with E-state index in [2.05, 4.69) is 37.9 Å². The van der Waals surface area contributed by atoms with Crippen LogP contribution in [0.15, 0.2) is 0 Å². The van der Waals surface area contributed by atoms with E-state index in [1.807, 2.05) is 0 Å². The number of piperazine rings is 1. The Balaban J connectivity index is 2.54. The van der Waals surface area contributed by atoms with Crippen molar-refractivity contribution in [1.82, 2.24) is 10.2 Å². The molecule has 1 fully saturated rings. The Morgan fingerprint density at radius 1 is 1.28 bits per heavy atom. The Kier molecular flexibility index (Phi) is 6.61. The zero-order valence-electron chi connectivity index (χ0n) is 13.0. The second-order valence-electron chi connectivity index (χ2n) is 6.41. The number of ether oxygens (including phenoxy) is 1. The van der Waals surface area contributed by atoms with Crippen LogP contribution >= 0.6 is 0 Å². The lowest BCUT2D eigenvalue weighted by molar-refractivity contribution is 0.0626. The normalized spacial score (nSPS) is 26.5. The molecular weight excluding hydrogens is 224 g/mol. The van der Waals surface area contributed by atoms with Crippen LogP contribution in [-0.4, -0.2) is 50.3 Å². The van der Waals surface area contributed by atoms with Gasteiger partial charge < -0.3 is 10.1 Å². The van der Waals surface area contributed by atoms with Crippen LogP contribution in [0.1, 0.15) is 47.0 Å². The fourth-order valence-electron chi connectivity index (χ4n) is 2.81. The first kappa shape index (κ1) is 15.9. The van der Waals surface area contributed by atoms with Crippen LogP contribution in [0.5, 0.6) is 0 Å². The van der Waals surface area contributed by atoms with E-state index in [-0.39, 0.29) is 0 Å². The van der Waals surface area contributed by atoms with E-state index >= 15 is 0 Å². The number of hydrogen-bond donors (Lipinski definition) is 1. The summed E-state index contributed by atoms with van der Waals surface area (Å²) >= 11 is 0. The molecule has 1 aliphatic heterocycles. The predicted molar refractivity (Wildman–Crippen MR) is 78.0 cm³/mol. The standard InChI is InChI=1S/C15H32N2O/c1-6-13-11-17(14(7-2)10-16-13)12-15(3,4)8-9-18-5/h13-14,16H,6-12H2,1-5H3. The zero-order valence-corrected chi connectivity index (χ0v) is 13.0. The van der Waals surface area contributed by atoms with Crippen LogP contribution in [0.2, 0.25) is 0 Å². The lowest BCUT2D eigenvalue weighted by atomic mass is 9.87. The van der Waals surface area contributed by atoms with Crippen LogP contribution in [0.4, 0.5) is 0 Å². The Labute approximate surface area is 113 Å². The van der Waals surface area contributed by atoms with E-state index in [9.17, 15) is 0 Å². The Bertz CT molecular complexity index is 231. The van der Waals surface area contributed by atoms with E-state index in [1.54, 1.807) is 7.11 Å². The second kappa shape index (κ2) is 7.46. The molecule has 1 heterocycles. The van der Waals surface area contributed by atoms with Crippen molar-refractivity contribution >= 4 is 0 Å². The Hall–Kier alpha value is -0.120. The summed E-state index contributed by atoms with van der Waals surface area (Å²) in [6.45, 7) is 13.7. The maximum atomic E-state index is 5.23. The fourth-order valence-corrected chi connectivity index (χ4v) is 2.81. The highest BCUT2D eigenvalue weighted by molar-refractivity contribution is 4.87. The van der Waals surface area contributed by atoms with E-state index in [0.29, 0.717) is 17.5 Å². The SMILES string of the molecule is CCC1CN(CC(C)(C)CCOC)C(CC)CN1. The number of nitrogens with zero attached hydrogens (tertiary/aromatic N) is 1. The molecule has 3 heteroatoms. The first-order valence-corrected chi connectivity index (χ1v) is 7.48. The van der Waals surface area contributed by atoms with Gasteiger partial charge in [0.15, 0.2) is 0 Å². The monoisotopic (exact) mass is 256 g/mol. The van der Waals surface area contributed by atoms with Crippen molar-refractivity contribution in [2.75, 3.05) is 33.4 Å². The lowest BCUT2D eigenvalue weighted by Crippen LogP contribution is -2.57. The smallest absolute Gasteiger partial charge is 0.0467 e. The molecule has 0 saturated carbocycles. The van der Waals surface area contributed by atoms with Crippen molar-refractivity contribution in [3.8, 4) is 0 Å². The van der Waals surface area contributed by atoms with Crippen LogP contribution in [0.3, 0.4) is 0 Å². The third-order valence-electron chi connectivity index (χ3n) is 4.19. The largest absolute Gasteiger partial charge is 0.385 e. The molecule has 0 aromatic carbocycles. The van der Waals surface area contributed by atoms with Crippen LogP contribution in [0.25, 0.3) is 0 Å². The quantitative estimate of drug-likeness (QED) is 0.757. The van der Waals surface area contributed by atoms with E-state index in [1.165, 1.54) is 25.9 Å². The van der Waals surface area contributed by atoms with Crippen LogP contribution in [-0.2, 0) is 4.74 Å². The maximum Gasteiger partial charge on any atom is 0.0467 e. The van der Waals surface area contributed by atoms with Gasteiger partial charge in [-0.3, -0.25) is 4.90 Å². The van der Waals surface area contributed by atoms with Crippen molar-refractivity contribution in [1.29, 1.82) is 0 Å². The van der Waals surface area contributed by atoms with Gasteiger partial charge in [-0.15, -0.1) is 0 Å². The van der Waals surface area contributed by atoms with Crippen molar-refractivity contribution < 1.29 is 4.74 Å². The van der Waals surface area contributed by atoms with Gasteiger partial charge in [0, 0.05) is 45.4 Å². The van der Waals surface area contributed by atoms with Gasteiger partial charge in [0.2, 0.25) is 0 Å². The number of rotatable bonds is 7. The molecule has 1 aliphatic rings. The minimum Gasteiger partial charge on any atom is -0.385 e. The molecule has 0 amide bonds. The summed E-state index contributed by atoms with van der Waals surface area (Å²) in [5, 5.41) is 3.66. The number of nitrogens with one attached hydrogen (secondary N) is 1. The van der Waals surface area contributed by atoms with Crippen molar-refractivity contribution in [2.45, 2.75) is 59.0 Å². The molecule has 108 valence electrons. The first-order valence-electron chi connectivity index (χ1n) is 7.48. The van der Waals surface area contributed by atoms with Gasteiger partial charge in [-0.05, 0) is 24.7 Å². The maximum absolute atomic E-state index is 5.23. The second-order valence-corrected chi connectivity index (χ2v) is 6.41. The average molecular weight is 256 g/mol. The van der Waals surface area contributed by atoms with Crippen molar-refractivity contribution in [2.24, 2.45) is 5.41 Å². The summed E-state index contributed by atoms with van der Waals surface area (Å²) in [5.74, 6) is 0. The minimum atomic E-state index is 0.346. The summed E-state index contributed by atoms with van der Waals surface area (Å²) < 4.78 is 5.23. The molecule has 0 aromatic rings. The van der Waals surface area contributed by atoms with Gasteiger partial charge in [-0.1, -0.05) is 27.7 Å². The Morgan fingerprint density at radius 2 is 2.00 bits per heavy atom. The molecule has 0 aliphatic carbocycles. The topological polar surface area (TPSA) is 24.5 Å². The highest BCUT2D eigenvalue weighted by atomic mass is 16.5. The predicted octanol–water partition coefficient (Wildman–Crippen LogP) is 2.51. The lowest BCUT2D eigenvalue weighted by Gasteiger charge is -2.43. The molecule has 1 saturated heterocycles. The first-order chi connectivity index (χ1) is 8.52. The third kappa shape index (κ3) is 4.87. The fraction of sp³-hybridized carbons (Fsp3) is 1.00. The van der Waals surface area contributed by atoms with Gasteiger partial charge in [0.25, 0.3) is 0 Å². The van der Waals surface area contributed by atoms with Crippen LogP contribution < -0.4 is 5.32 Å². The molecule has 0 radical (unpaired) electrons. The van der Waals surface area contributed by atoms with Crippen molar-refractivity contribution in [3.05, 3.63) is 0 Å². The minimum absolute atomic E-state index is 0.346. The molecule has 0 aromatic heterocycles. The average Bonchev–Trinajstić information content (AvgIpc) is 2.36. The summed E-state index contributed by atoms with van der Waals surface area (Å²) in [6.07, 6.45) is 3.61. The molecule has 2 unspecified atom stereocenters. The molecule has 0 bridgehead atoms. The van der Waals surface area contributed by atoms with Crippen LogP contribution in [0, 0.1) is 5.41 Å². The summed E-state index contributed by atoms with van der Waals surface area (Å²) in [6, 6.07) is 1.38. The highest BCUT2D eigenvalue weighted by Crippen LogP contribution is 2.25. The summed E-state index contributed by atoms with van der Waals surface area (Å²) in [7, 11) is 1.79. The molecule has 0 spiro atoms. The van der Waals surface area contributed by atoms with Gasteiger partial charge in [0.1, 0.15) is 0 Å². The number of hydrogen-bond acceptors (Lipinski definition) is 3. The molecular formula is C15H32N2O. The molecule has 1 rings (SSSR count). The molecule has 1 N–H and O–H groups in total. The Morgan fingerprint density at radius 3 is 2.56 bits per heavy atom. The van der Waals surface area contributed by atoms with Gasteiger partial charge in [0.05, 0.1) is 0 Å². The van der Waals surface area contributed by atoms with Gasteiger partial charge in [-0.25, -0.2) is 0 Å². The molecule has 3 nitrogen and oxygen atoms in total. The highest BCUT2D eigenvalue weighted by Gasteiger charge is 2.30. The molecule has 2 atom stereocenters. The van der Waals surface area contributed by atoms with E-state index in [4.69, 9.17) is 4.74 Å². The van der Waals surface area contributed by atoms with Crippen molar-refractivity contribution in [3.63, 3.8) is 0 Å². The van der Waals surface area contributed by atoms with E-state index < -0.39 is 0 Å².